The average molecular weight is 400 g/mol. The van der Waals surface area contributed by atoms with Gasteiger partial charge in [-0.15, -0.1) is 0 Å². The van der Waals surface area contributed by atoms with Gasteiger partial charge in [0.25, 0.3) is 0 Å². The molecule has 0 saturated heterocycles. The summed E-state index contributed by atoms with van der Waals surface area (Å²) in [6.07, 6.45) is 17.0. The molecule has 0 aromatic carbocycles. The van der Waals surface area contributed by atoms with E-state index in [4.69, 9.17) is 0 Å². The quantitative estimate of drug-likeness (QED) is 0.327. The Morgan fingerprint density at radius 2 is 1.83 bits per heavy atom. The Morgan fingerprint density at radius 3 is 2.55 bits per heavy atom. The third-order valence-electron chi connectivity index (χ3n) is 10.4. The van der Waals surface area contributed by atoms with Crippen LogP contribution in [0.25, 0.3) is 0 Å². The highest BCUT2D eigenvalue weighted by Gasteiger charge is 2.59. The van der Waals surface area contributed by atoms with E-state index < -0.39 is 0 Å². The maximum absolute atomic E-state index is 11.1. The summed E-state index contributed by atoms with van der Waals surface area (Å²) < 4.78 is 0. The number of hydrogen-bond donors (Lipinski definition) is 0. The first-order valence-electron chi connectivity index (χ1n) is 12.8. The van der Waals surface area contributed by atoms with E-state index >= 15 is 0 Å². The van der Waals surface area contributed by atoms with E-state index in [9.17, 15) is 4.91 Å². The number of nitrogens with zero attached hydrogens (tertiary/aromatic N) is 1. The summed E-state index contributed by atoms with van der Waals surface area (Å²) in [5, 5.41) is 3.41. The van der Waals surface area contributed by atoms with Crippen molar-refractivity contribution in [3.8, 4) is 0 Å². The largest absolute Gasteiger partial charge is 0.151 e. The van der Waals surface area contributed by atoms with E-state index in [1.54, 1.807) is 5.57 Å². The fourth-order valence-electron chi connectivity index (χ4n) is 8.76. The number of hydrogen-bond acceptors (Lipinski definition) is 2. The van der Waals surface area contributed by atoms with Crippen LogP contribution >= 0.6 is 0 Å². The fraction of sp³-hybridized carbons (Fsp3) is 0.926. The SMILES string of the molecule is CC(C)CCC[C@@H](C)C1CC[C@H]2C3CC=C4CC(N=O)CCC4(C)C3CC[C@]12C. The molecule has 4 aliphatic carbocycles. The normalized spacial score (nSPS) is 45.2. The first-order chi connectivity index (χ1) is 13.8. The minimum absolute atomic E-state index is 0.0438. The molecule has 0 aromatic heterocycles. The molecular formula is C27H45NO. The van der Waals surface area contributed by atoms with E-state index in [1.807, 2.05) is 0 Å². The summed E-state index contributed by atoms with van der Waals surface area (Å²) in [5.74, 6) is 5.33. The van der Waals surface area contributed by atoms with Gasteiger partial charge in [-0.3, -0.25) is 0 Å². The minimum Gasteiger partial charge on any atom is -0.151 e. The van der Waals surface area contributed by atoms with Crippen LogP contribution in [0.2, 0.25) is 0 Å². The Morgan fingerprint density at radius 1 is 1.03 bits per heavy atom. The number of rotatable bonds is 6. The van der Waals surface area contributed by atoms with Crippen molar-refractivity contribution in [2.45, 2.75) is 111 Å². The molecule has 0 spiro atoms. The van der Waals surface area contributed by atoms with Crippen LogP contribution in [0, 0.1) is 51.2 Å². The Balaban J connectivity index is 1.49. The van der Waals surface area contributed by atoms with E-state index in [2.05, 4.69) is 45.9 Å². The van der Waals surface area contributed by atoms with Gasteiger partial charge in [-0.05, 0) is 97.7 Å². The Hall–Kier alpha value is -0.660. The molecule has 164 valence electrons. The van der Waals surface area contributed by atoms with E-state index in [-0.39, 0.29) is 6.04 Å². The van der Waals surface area contributed by atoms with Crippen molar-refractivity contribution >= 4 is 0 Å². The molecule has 0 heterocycles. The lowest BCUT2D eigenvalue weighted by Gasteiger charge is -2.58. The molecule has 0 N–H and O–H groups in total. The van der Waals surface area contributed by atoms with Gasteiger partial charge in [0.15, 0.2) is 0 Å². The summed E-state index contributed by atoms with van der Waals surface area (Å²) in [6.45, 7) is 12.5. The predicted molar refractivity (Wildman–Crippen MR) is 123 cm³/mol. The van der Waals surface area contributed by atoms with Gasteiger partial charge in [-0.1, -0.05) is 70.7 Å². The van der Waals surface area contributed by atoms with Gasteiger partial charge >= 0.3 is 0 Å². The molecule has 29 heavy (non-hydrogen) atoms. The van der Waals surface area contributed by atoms with Crippen molar-refractivity contribution in [2.75, 3.05) is 0 Å². The highest BCUT2D eigenvalue weighted by molar-refractivity contribution is 5.26. The van der Waals surface area contributed by atoms with Crippen LogP contribution in [0.4, 0.5) is 0 Å². The predicted octanol–water partition coefficient (Wildman–Crippen LogP) is 8.16. The molecule has 3 saturated carbocycles. The summed E-state index contributed by atoms with van der Waals surface area (Å²) in [6, 6.07) is 0.0438. The minimum atomic E-state index is 0.0438. The molecule has 0 bridgehead atoms. The van der Waals surface area contributed by atoms with Crippen LogP contribution in [-0.2, 0) is 0 Å². The number of fused-ring (bicyclic) bond motifs is 5. The van der Waals surface area contributed by atoms with Crippen LogP contribution < -0.4 is 0 Å². The third kappa shape index (κ3) is 3.65. The monoisotopic (exact) mass is 399 g/mol. The molecule has 0 amide bonds. The zero-order valence-electron chi connectivity index (χ0n) is 19.8. The molecule has 4 aliphatic rings. The van der Waals surface area contributed by atoms with Crippen LogP contribution in [0.15, 0.2) is 16.8 Å². The first kappa shape index (κ1) is 21.6. The lowest BCUT2D eigenvalue weighted by Crippen LogP contribution is -2.50. The Bertz CT molecular complexity index is 638. The summed E-state index contributed by atoms with van der Waals surface area (Å²) in [5.41, 5.74) is 2.52. The Kier molecular flexibility index (Phi) is 6.04. The number of allylic oxidation sites excluding steroid dienone is 1. The second-order valence-corrected chi connectivity index (χ2v) is 12.3. The lowest BCUT2D eigenvalue weighted by atomic mass is 9.47. The van der Waals surface area contributed by atoms with Gasteiger partial charge in [0.2, 0.25) is 0 Å². The van der Waals surface area contributed by atoms with Crippen LogP contribution in [-0.4, -0.2) is 6.04 Å². The van der Waals surface area contributed by atoms with Gasteiger partial charge in [0.1, 0.15) is 0 Å². The van der Waals surface area contributed by atoms with Crippen LogP contribution in [0.1, 0.15) is 105 Å². The standard InChI is InChI=1S/C27H45NO/c1-18(2)7-6-8-19(3)23-11-12-24-22-10-9-20-17-21(28-29)13-15-26(20,4)25(22)14-16-27(23,24)5/h9,18-19,21-25H,6-8,10-17H2,1-5H3/t19-,21?,22?,23?,24+,25?,26?,27-/m1/s1. The van der Waals surface area contributed by atoms with Crippen LogP contribution in [0.3, 0.4) is 0 Å². The van der Waals surface area contributed by atoms with Gasteiger partial charge < -0.3 is 0 Å². The molecule has 2 heteroatoms. The van der Waals surface area contributed by atoms with Gasteiger partial charge in [0.05, 0.1) is 6.04 Å². The maximum atomic E-state index is 11.1. The molecule has 0 aliphatic heterocycles. The lowest BCUT2D eigenvalue weighted by molar-refractivity contribution is -0.0508. The second kappa shape index (κ2) is 8.12. The average Bonchev–Trinajstić information content (AvgIpc) is 3.04. The van der Waals surface area contributed by atoms with Gasteiger partial charge in [-0.25, -0.2) is 0 Å². The zero-order chi connectivity index (χ0) is 20.8. The second-order valence-electron chi connectivity index (χ2n) is 12.3. The molecule has 0 aromatic rings. The van der Waals surface area contributed by atoms with Crippen molar-refractivity contribution < 1.29 is 0 Å². The van der Waals surface area contributed by atoms with Crippen LogP contribution in [0.5, 0.6) is 0 Å². The Labute approximate surface area is 179 Å². The topological polar surface area (TPSA) is 29.4 Å². The smallest absolute Gasteiger partial charge is 0.0957 e. The summed E-state index contributed by atoms with van der Waals surface area (Å²) in [7, 11) is 0. The van der Waals surface area contributed by atoms with E-state index in [0.717, 1.165) is 48.3 Å². The van der Waals surface area contributed by atoms with Gasteiger partial charge in [-0.2, -0.15) is 4.91 Å². The molecule has 3 fully saturated rings. The van der Waals surface area contributed by atoms with E-state index in [0.29, 0.717) is 10.8 Å². The molecule has 4 rings (SSSR count). The third-order valence-corrected chi connectivity index (χ3v) is 10.4. The summed E-state index contributed by atoms with van der Waals surface area (Å²) in [4.78, 5) is 11.1. The molecule has 2 nitrogen and oxygen atoms in total. The first-order valence-corrected chi connectivity index (χ1v) is 12.8. The van der Waals surface area contributed by atoms with Crippen molar-refractivity contribution in [1.82, 2.24) is 0 Å². The molecule has 5 unspecified atom stereocenters. The summed E-state index contributed by atoms with van der Waals surface area (Å²) >= 11 is 0. The fourth-order valence-corrected chi connectivity index (χ4v) is 8.76. The van der Waals surface area contributed by atoms with Crippen molar-refractivity contribution in [1.29, 1.82) is 0 Å². The van der Waals surface area contributed by atoms with Crippen molar-refractivity contribution in [3.05, 3.63) is 16.6 Å². The highest BCUT2D eigenvalue weighted by Crippen LogP contribution is 2.67. The molecular weight excluding hydrogens is 354 g/mol. The van der Waals surface area contributed by atoms with Crippen molar-refractivity contribution in [3.63, 3.8) is 0 Å². The molecule has 0 radical (unpaired) electrons. The van der Waals surface area contributed by atoms with Gasteiger partial charge in [0, 0.05) is 0 Å². The zero-order valence-corrected chi connectivity index (χ0v) is 19.8. The number of nitroso groups, excluding NO2 is 1. The van der Waals surface area contributed by atoms with E-state index in [1.165, 1.54) is 57.8 Å². The molecule has 8 atom stereocenters. The highest BCUT2D eigenvalue weighted by atomic mass is 16.3. The maximum Gasteiger partial charge on any atom is 0.0957 e. The van der Waals surface area contributed by atoms with Crippen molar-refractivity contribution in [2.24, 2.45) is 51.5 Å².